The second-order valence-electron chi connectivity index (χ2n) is 6.06. The van der Waals surface area contributed by atoms with Crippen LogP contribution in [-0.2, 0) is 0 Å². The number of rotatable bonds is 2. The fourth-order valence-electron chi connectivity index (χ4n) is 3.70. The number of aromatic nitrogens is 1. The summed E-state index contributed by atoms with van der Waals surface area (Å²) in [6, 6.07) is 2.36. The summed E-state index contributed by atoms with van der Waals surface area (Å²) in [4.78, 5) is 21.2. The Hall–Kier alpha value is -1.66. The maximum atomic E-state index is 12.7. The molecule has 0 aromatic carbocycles. The van der Waals surface area contributed by atoms with E-state index in [0.717, 1.165) is 19.5 Å². The highest BCUT2D eigenvalue weighted by atomic mass is 16.2. The zero-order valence-electron chi connectivity index (χ0n) is 12.5. The highest BCUT2D eigenvalue weighted by molar-refractivity contribution is 5.99. The molecule has 2 unspecified atom stereocenters. The molecule has 2 aliphatic rings. The van der Waals surface area contributed by atoms with Crippen LogP contribution < -0.4 is 11.3 Å². The smallest absolute Gasteiger partial charge is 0.257 e. The number of nitrogen functional groups attached to an aromatic ring is 1. The van der Waals surface area contributed by atoms with Gasteiger partial charge >= 0.3 is 0 Å². The van der Waals surface area contributed by atoms with Crippen molar-refractivity contribution in [3.8, 4) is 0 Å². The van der Waals surface area contributed by atoms with Crippen LogP contribution in [0, 0.1) is 5.92 Å². The van der Waals surface area contributed by atoms with Crippen LogP contribution in [0.2, 0.25) is 0 Å². The molecule has 6 heteroatoms. The molecule has 6 nitrogen and oxygen atoms in total. The third kappa shape index (κ3) is 2.73. The number of nitrogens with two attached hydrogens (primary N) is 1. The fraction of sp³-hybridized carbons (Fsp3) is 0.600. The number of hydrogen-bond acceptors (Lipinski definition) is 5. The molecule has 2 aliphatic heterocycles. The zero-order valence-corrected chi connectivity index (χ0v) is 12.5. The second kappa shape index (κ2) is 5.99. The normalized spacial score (nSPS) is 26.3. The minimum Gasteiger partial charge on any atom is -0.338 e. The van der Waals surface area contributed by atoms with Crippen molar-refractivity contribution in [1.82, 2.24) is 14.8 Å². The number of piperidine rings is 2. The van der Waals surface area contributed by atoms with Gasteiger partial charge in [-0.25, -0.2) is 0 Å². The lowest BCUT2D eigenvalue weighted by atomic mass is 9.84. The summed E-state index contributed by atoms with van der Waals surface area (Å²) in [6.07, 6.45) is 6.72. The minimum atomic E-state index is 0.0303. The maximum absolute atomic E-state index is 12.7. The van der Waals surface area contributed by atoms with Gasteiger partial charge in [0.1, 0.15) is 0 Å². The van der Waals surface area contributed by atoms with Crippen molar-refractivity contribution in [2.75, 3.05) is 32.1 Å². The zero-order chi connectivity index (χ0) is 14.8. The lowest BCUT2D eigenvalue weighted by molar-refractivity contribution is 0.0317. The third-order valence-electron chi connectivity index (χ3n) is 4.84. The molecule has 21 heavy (non-hydrogen) atoms. The van der Waals surface area contributed by atoms with Gasteiger partial charge in [0.25, 0.3) is 5.91 Å². The van der Waals surface area contributed by atoms with Crippen LogP contribution in [0.5, 0.6) is 0 Å². The number of pyridine rings is 1. The van der Waals surface area contributed by atoms with Gasteiger partial charge in [-0.2, -0.15) is 0 Å². The van der Waals surface area contributed by atoms with E-state index in [1.165, 1.54) is 19.4 Å². The standard InChI is InChI=1S/C15H23N5O/c1-19-7-2-3-11-10-20(8-5-14(11)19)15(21)12-9-17-6-4-13(12)18-16/h4,6,9,11,14H,2-3,5,7-8,10,16H2,1H3,(H,17,18). The average molecular weight is 289 g/mol. The summed E-state index contributed by atoms with van der Waals surface area (Å²) in [5, 5.41) is 0. The van der Waals surface area contributed by atoms with Crippen LogP contribution in [0.25, 0.3) is 0 Å². The molecule has 0 radical (unpaired) electrons. The van der Waals surface area contributed by atoms with Crippen LogP contribution in [0.15, 0.2) is 18.5 Å². The van der Waals surface area contributed by atoms with Gasteiger partial charge in [0.15, 0.2) is 0 Å². The number of fused-ring (bicyclic) bond motifs is 1. The van der Waals surface area contributed by atoms with Crippen molar-refractivity contribution < 1.29 is 4.79 Å². The molecule has 0 spiro atoms. The summed E-state index contributed by atoms with van der Waals surface area (Å²) in [5.41, 5.74) is 3.78. The van der Waals surface area contributed by atoms with Crippen molar-refractivity contribution in [2.45, 2.75) is 25.3 Å². The van der Waals surface area contributed by atoms with Gasteiger partial charge in [-0.1, -0.05) is 0 Å². The van der Waals surface area contributed by atoms with Crippen LogP contribution in [-0.4, -0.2) is 53.4 Å². The summed E-state index contributed by atoms with van der Waals surface area (Å²) in [5.74, 6) is 6.11. The summed E-state index contributed by atoms with van der Waals surface area (Å²) >= 11 is 0. The van der Waals surface area contributed by atoms with E-state index in [0.29, 0.717) is 23.2 Å². The Kier molecular flexibility index (Phi) is 4.07. The molecular weight excluding hydrogens is 266 g/mol. The van der Waals surface area contributed by atoms with E-state index >= 15 is 0 Å². The van der Waals surface area contributed by atoms with Crippen molar-refractivity contribution in [3.05, 3.63) is 24.0 Å². The molecule has 3 heterocycles. The second-order valence-corrected chi connectivity index (χ2v) is 6.06. The number of nitrogens with one attached hydrogen (secondary N) is 1. The van der Waals surface area contributed by atoms with Crippen molar-refractivity contribution in [1.29, 1.82) is 0 Å². The molecule has 1 aromatic rings. The number of amides is 1. The van der Waals surface area contributed by atoms with Crippen LogP contribution >= 0.6 is 0 Å². The van der Waals surface area contributed by atoms with Gasteiger partial charge < -0.3 is 15.2 Å². The van der Waals surface area contributed by atoms with Crippen LogP contribution in [0.4, 0.5) is 5.69 Å². The first-order valence-electron chi connectivity index (χ1n) is 7.61. The molecule has 0 bridgehead atoms. The monoisotopic (exact) mass is 289 g/mol. The highest BCUT2D eigenvalue weighted by Gasteiger charge is 2.36. The molecule has 3 N–H and O–H groups in total. The number of anilines is 1. The summed E-state index contributed by atoms with van der Waals surface area (Å²) < 4.78 is 0. The molecule has 2 atom stereocenters. The van der Waals surface area contributed by atoms with E-state index < -0.39 is 0 Å². The Morgan fingerprint density at radius 3 is 3.10 bits per heavy atom. The maximum Gasteiger partial charge on any atom is 0.257 e. The highest BCUT2D eigenvalue weighted by Crippen LogP contribution is 2.30. The van der Waals surface area contributed by atoms with E-state index in [9.17, 15) is 4.79 Å². The quantitative estimate of drug-likeness (QED) is 0.625. The van der Waals surface area contributed by atoms with Gasteiger partial charge in [-0.3, -0.25) is 15.6 Å². The third-order valence-corrected chi connectivity index (χ3v) is 4.84. The Morgan fingerprint density at radius 2 is 2.29 bits per heavy atom. The largest absolute Gasteiger partial charge is 0.338 e. The molecule has 1 aromatic heterocycles. The molecule has 0 saturated carbocycles. The predicted octanol–water partition coefficient (Wildman–Crippen LogP) is 0.924. The van der Waals surface area contributed by atoms with Crippen LogP contribution in [0.1, 0.15) is 29.6 Å². The predicted molar refractivity (Wildman–Crippen MR) is 81.7 cm³/mol. The Bertz CT molecular complexity index is 521. The first kappa shape index (κ1) is 14.3. The van der Waals surface area contributed by atoms with Crippen LogP contribution in [0.3, 0.4) is 0 Å². The molecule has 114 valence electrons. The molecule has 2 fully saturated rings. The number of carbonyl (C=O) groups is 1. The summed E-state index contributed by atoms with van der Waals surface area (Å²) in [7, 11) is 2.20. The Balaban J connectivity index is 1.74. The van der Waals surface area contributed by atoms with E-state index in [-0.39, 0.29) is 5.91 Å². The molecular formula is C15H23N5O. The lowest BCUT2D eigenvalue weighted by Crippen LogP contribution is -2.54. The van der Waals surface area contributed by atoms with Crippen molar-refractivity contribution in [3.63, 3.8) is 0 Å². The number of likely N-dealkylation sites (tertiary alicyclic amines) is 2. The first-order chi connectivity index (χ1) is 10.2. The van der Waals surface area contributed by atoms with Gasteiger partial charge in [0, 0.05) is 31.5 Å². The molecule has 0 aliphatic carbocycles. The molecule has 3 rings (SSSR count). The van der Waals surface area contributed by atoms with Gasteiger partial charge in [0.05, 0.1) is 11.3 Å². The fourth-order valence-corrected chi connectivity index (χ4v) is 3.70. The van der Waals surface area contributed by atoms with E-state index in [1.807, 2.05) is 4.90 Å². The Morgan fingerprint density at radius 1 is 1.43 bits per heavy atom. The first-order valence-corrected chi connectivity index (χ1v) is 7.61. The van der Waals surface area contributed by atoms with Crippen molar-refractivity contribution >= 4 is 11.6 Å². The number of nitrogens with zero attached hydrogens (tertiary/aromatic N) is 3. The molecule has 2 saturated heterocycles. The van der Waals surface area contributed by atoms with Crippen molar-refractivity contribution in [2.24, 2.45) is 11.8 Å². The number of hydrogen-bond donors (Lipinski definition) is 2. The average Bonchev–Trinajstić information content (AvgIpc) is 2.54. The topological polar surface area (TPSA) is 74.5 Å². The molecule has 1 amide bonds. The lowest BCUT2D eigenvalue weighted by Gasteiger charge is -2.46. The van der Waals surface area contributed by atoms with E-state index in [4.69, 9.17) is 5.84 Å². The van der Waals surface area contributed by atoms with E-state index in [2.05, 4.69) is 22.4 Å². The number of carbonyl (C=O) groups excluding carboxylic acids is 1. The SMILES string of the molecule is CN1CCCC2CN(C(=O)c3cnccc3NN)CCC21. The van der Waals surface area contributed by atoms with E-state index in [1.54, 1.807) is 18.5 Å². The summed E-state index contributed by atoms with van der Waals surface area (Å²) in [6.45, 7) is 2.83. The van der Waals surface area contributed by atoms with Gasteiger partial charge in [-0.15, -0.1) is 0 Å². The van der Waals surface area contributed by atoms with Gasteiger partial charge in [-0.05, 0) is 44.8 Å². The number of hydrazine groups is 1. The van der Waals surface area contributed by atoms with Gasteiger partial charge in [0.2, 0.25) is 0 Å². The minimum absolute atomic E-state index is 0.0303. The Labute approximate surface area is 125 Å².